The van der Waals surface area contributed by atoms with Crippen molar-refractivity contribution in [1.82, 2.24) is 0 Å². The Morgan fingerprint density at radius 1 is 1.20 bits per heavy atom. The number of hydrogen-bond acceptors (Lipinski definition) is 3. The van der Waals surface area contributed by atoms with Gasteiger partial charge < -0.3 is 15.7 Å². The molecule has 0 aliphatic carbocycles. The third kappa shape index (κ3) is 2.35. The lowest BCUT2D eigenvalue weighted by Gasteiger charge is -2.43. The van der Waals surface area contributed by atoms with Crippen LogP contribution >= 0.6 is 0 Å². The number of anilines is 2. The molecule has 2 aromatic rings. The number of hydrogen-bond donors (Lipinski definition) is 3. The highest BCUT2D eigenvalue weighted by Crippen LogP contribution is 2.46. The Kier molecular flexibility index (Phi) is 3.58. The SMILES string of the molecule is Cc1cc(-c2cccc3c2NCC3)c(F)c2c1NC(C)(C)C(O)C2C. The molecule has 2 aromatic carbocycles. The summed E-state index contributed by atoms with van der Waals surface area (Å²) in [6.45, 7) is 8.72. The lowest BCUT2D eigenvalue weighted by atomic mass is 9.77. The van der Waals surface area contributed by atoms with E-state index in [4.69, 9.17) is 0 Å². The summed E-state index contributed by atoms with van der Waals surface area (Å²) in [5.41, 5.74) is 5.74. The summed E-state index contributed by atoms with van der Waals surface area (Å²) in [6, 6.07) is 7.99. The second kappa shape index (κ2) is 5.46. The first kappa shape index (κ1) is 16.4. The third-order valence-electron chi connectivity index (χ3n) is 5.75. The van der Waals surface area contributed by atoms with Gasteiger partial charge in [-0.25, -0.2) is 4.39 Å². The predicted molar refractivity (Wildman–Crippen MR) is 101 cm³/mol. The summed E-state index contributed by atoms with van der Waals surface area (Å²) in [5.74, 6) is -0.494. The minimum atomic E-state index is -0.649. The minimum Gasteiger partial charge on any atom is -0.390 e. The number of nitrogens with one attached hydrogen (secondary N) is 2. The standard InChI is InChI=1S/C21H25FN2O/c1-11-10-15(14-7-5-6-13-8-9-23-19(13)14)17(22)16-12(2)20(25)21(3,4)24-18(11)16/h5-7,10,12,20,23-25H,8-9H2,1-4H3. The van der Waals surface area contributed by atoms with E-state index in [1.54, 1.807) is 0 Å². The molecule has 0 saturated heterocycles. The highest BCUT2D eigenvalue weighted by atomic mass is 19.1. The molecule has 25 heavy (non-hydrogen) atoms. The zero-order chi connectivity index (χ0) is 17.9. The van der Waals surface area contributed by atoms with Crippen molar-refractivity contribution in [2.24, 2.45) is 0 Å². The van der Waals surface area contributed by atoms with Crippen molar-refractivity contribution in [3.63, 3.8) is 0 Å². The molecule has 2 atom stereocenters. The minimum absolute atomic E-state index is 0.225. The molecule has 0 amide bonds. The molecule has 2 aliphatic heterocycles. The van der Waals surface area contributed by atoms with Gasteiger partial charge in [-0.05, 0) is 44.4 Å². The van der Waals surface area contributed by atoms with Crippen LogP contribution < -0.4 is 10.6 Å². The summed E-state index contributed by atoms with van der Waals surface area (Å²) in [4.78, 5) is 0. The number of halogens is 1. The normalized spacial score (nSPS) is 23.4. The van der Waals surface area contributed by atoms with Gasteiger partial charge in [0.2, 0.25) is 0 Å². The summed E-state index contributed by atoms with van der Waals surface area (Å²) in [5, 5.41) is 17.4. The molecule has 0 fully saturated rings. The Morgan fingerprint density at radius 3 is 2.72 bits per heavy atom. The zero-order valence-electron chi connectivity index (χ0n) is 15.2. The smallest absolute Gasteiger partial charge is 0.136 e. The van der Waals surface area contributed by atoms with E-state index < -0.39 is 11.6 Å². The predicted octanol–water partition coefficient (Wildman–Crippen LogP) is 4.44. The Hall–Kier alpha value is -2.07. The van der Waals surface area contributed by atoms with Gasteiger partial charge in [0.25, 0.3) is 0 Å². The number of aryl methyl sites for hydroxylation is 1. The molecule has 0 spiro atoms. The first-order valence-corrected chi connectivity index (χ1v) is 8.96. The highest BCUT2D eigenvalue weighted by molar-refractivity contribution is 5.84. The van der Waals surface area contributed by atoms with Crippen molar-refractivity contribution in [1.29, 1.82) is 0 Å². The van der Waals surface area contributed by atoms with Gasteiger partial charge in [-0.2, -0.15) is 0 Å². The first-order valence-electron chi connectivity index (χ1n) is 8.96. The quantitative estimate of drug-likeness (QED) is 0.719. The van der Waals surface area contributed by atoms with Gasteiger partial charge in [0.1, 0.15) is 5.82 Å². The van der Waals surface area contributed by atoms with Gasteiger partial charge in [0.15, 0.2) is 0 Å². The molecule has 132 valence electrons. The van der Waals surface area contributed by atoms with Gasteiger partial charge in [0.05, 0.1) is 11.6 Å². The van der Waals surface area contributed by atoms with E-state index in [0.29, 0.717) is 11.1 Å². The Bertz CT molecular complexity index is 859. The molecular weight excluding hydrogens is 315 g/mol. The molecule has 3 N–H and O–H groups in total. The van der Waals surface area contributed by atoms with E-state index in [2.05, 4.69) is 16.7 Å². The van der Waals surface area contributed by atoms with Crippen LogP contribution in [0.5, 0.6) is 0 Å². The van der Waals surface area contributed by atoms with Crippen molar-refractivity contribution in [2.45, 2.75) is 51.7 Å². The van der Waals surface area contributed by atoms with Crippen LogP contribution in [0.4, 0.5) is 15.8 Å². The van der Waals surface area contributed by atoms with Gasteiger partial charge in [-0.1, -0.05) is 25.1 Å². The summed E-state index contributed by atoms with van der Waals surface area (Å²) in [6.07, 6.45) is 0.323. The number of rotatable bonds is 1. The summed E-state index contributed by atoms with van der Waals surface area (Å²) in [7, 11) is 0. The van der Waals surface area contributed by atoms with Crippen LogP contribution in [-0.4, -0.2) is 23.3 Å². The van der Waals surface area contributed by atoms with Crippen LogP contribution in [0.2, 0.25) is 0 Å². The molecule has 4 heteroatoms. The van der Waals surface area contributed by atoms with Crippen LogP contribution in [0.3, 0.4) is 0 Å². The van der Waals surface area contributed by atoms with E-state index in [-0.39, 0.29) is 11.7 Å². The number of aliphatic hydroxyl groups is 1. The van der Waals surface area contributed by atoms with Gasteiger partial charge in [0, 0.05) is 40.5 Å². The van der Waals surface area contributed by atoms with Crippen molar-refractivity contribution in [3.05, 3.63) is 46.8 Å². The van der Waals surface area contributed by atoms with Crippen LogP contribution in [0.15, 0.2) is 24.3 Å². The number of benzene rings is 2. The second-order valence-electron chi connectivity index (χ2n) is 7.94. The lowest BCUT2D eigenvalue weighted by molar-refractivity contribution is 0.0855. The third-order valence-corrected chi connectivity index (χ3v) is 5.75. The Labute approximate surface area is 148 Å². The average Bonchev–Trinajstić information content (AvgIpc) is 3.04. The largest absolute Gasteiger partial charge is 0.390 e. The van der Waals surface area contributed by atoms with Crippen LogP contribution in [0.1, 0.15) is 43.4 Å². The monoisotopic (exact) mass is 340 g/mol. The fourth-order valence-corrected chi connectivity index (χ4v) is 4.35. The maximum atomic E-state index is 15.6. The second-order valence-corrected chi connectivity index (χ2v) is 7.94. The van der Waals surface area contributed by atoms with Gasteiger partial charge in [-0.3, -0.25) is 0 Å². The van der Waals surface area contributed by atoms with Crippen molar-refractivity contribution >= 4 is 11.4 Å². The van der Waals surface area contributed by atoms with Crippen molar-refractivity contribution in [3.8, 4) is 11.1 Å². The lowest BCUT2D eigenvalue weighted by Crippen LogP contribution is -2.50. The van der Waals surface area contributed by atoms with Crippen LogP contribution in [0.25, 0.3) is 11.1 Å². The van der Waals surface area contributed by atoms with Crippen LogP contribution in [0, 0.1) is 12.7 Å². The fraction of sp³-hybridized carbons (Fsp3) is 0.429. The highest BCUT2D eigenvalue weighted by Gasteiger charge is 2.41. The molecule has 0 saturated carbocycles. The zero-order valence-corrected chi connectivity index (χ0v) is 15.2. The maximum absolute atomic E-state index is 15.6. The van der Waals surface area contributed by atoms with Crippen molar-refractivity contribution in [2.75, 3.05) is 17.2 Å². The first-order chi connectivity index (χ1) is 11.8. The topological polar surface area (TPSA) is 44.3 Å². The summed E-state index contributed by atoms with van der Waals surface area (Å²) < 4.78 is 15.6. The maximum Gasteiger partial charge on any atom is 0.136 e. The summed E-state index contributed by atoms with van der Waals surface area (Å²) >= 11 is 0. The number of para-hydroxylation sites is 1. The molecule has 0 bridgehead atoms. The van der Waals surface area contributed by atoms with E-state index in [1.807, 2.05) is 45.9 Å². The molecule has 3 nitrogen and oxygen atoms in total. The average molecular weight is 340 g/mol. The molecule has 4 rings (SSSR count). The van der Waals surface area contributed by atoms with E-state index >= 15 is 4.39 Å². The molecule has 2 aliphatic rings. The van der Waals surface area contributed by atoms with Gasteiger partial charge in [-0.15, -0.1) is 0 Å². The number of fused-ring (bicyclic) bond motifs is 2. The van der Waals surface area contributed by atoms with Gasteiger partial charge >= 0.3 is 0 Å². The molecular formula is C21H25FN2O. The van der Waals surface area contributed by atoms with Crippen LogP contribution in [-0.2, 0) is 6.42 Å². The Morgan fingerprint density at radius 2 is 1.96 bits per heavy atom. The van der Waals surface area contributed by atoms with E-state index in [9.17, 15) is 5.11 Å². The fourth-order valence-electron chi connectivity index (χ4n) is 4.35. The van der Waals surface area contributed by atoms with Crippen molar-refractivity contribution < 1.29 is 9.50 Å². The van der Waals surface area contributed by atoms with E-state index in [0.717, 1.165) is 35.5 Å². The Balaban J connectivity index is 1.94. The number of aliphatic hydroxyl groups excluding tert-OH is 1. The molecule has 2 unspecified atom stereocenters. The van der Waals surface area contributed by atoms with E-state index in [1.165, 1.54) is 5.56 Å². The molecule has 2 heterocycles. The molecule has 0 radical (unpaired) electrons. The molecule has 0 aromatic heterocycles.